The van der Waals surface area contributed by atoms with Crippen molar-refractivity contribution in [1.82, 2.24) is 9.78 Å². The van der Waals surface area contributed by atoms with Gasteiger partial charge in [0, 0.05) is 5.69 Å². The Morgan fingerprint density at radius 3 is 2.47 bits per heavy atom. The van der Waals surface area contributed by atoms with Gasteiger partial charge in [-0.1, -0.05) is 42.5 Å². The molecule has 0 aliphatic rings. The molecule has 0 radical (unpaired) electrons. The second-order valence-electron chi connectivity index (χ2n) is 4.05. The molecule has 4 heteroatoms. The SMILES string of the molecule is Cc1nn(Cc2ccccc2)c(C)c1C(N)=S. The third-order valence-corrected chi connectivity index (χ3v) is 3.01. The first kappa shape index (κ1) is 11.8. The van der Waals surface area contributed by atoms with Crippen LogP contribution in [0.15, 0.2) is 30.3 Å². The van der Waals surface area contributed by atoms with Gasteiger partial charge in [-0.3, -0.25) is 4.68 Å². The van der Waals surface area contributed by atoms with Crippen molar-refractivity contribution in [3.8, 4) is 0 Å². The van der Waals surface area contributed by atoms with Crippen LogP contribution in [0.25, 0.3) is 0 Å². The second-order valence-corrected chi connectivity index (χ2v) is 4.49. The lowest BCUT2D eigenvalue weighted by atomic mass is 10.2. The van der Waals surface area contributed by atoms with Crippen molar-refractivity contribution >= 4 is 17.2 Å². The standard InChI is InChI=1S/C13H15N3S/c1-9-12(13(14)17)10(2)16(15-9)8-11-6-4-3-5-7-11/h3-7H,8H2,1-2H3,(H2,14,17). The molecule has 0 atom stereocenters. The normalized spacial score (nSPS) is 10.5. The number of rotatable bonds is 3. The van der Waals surface area contributed by atoms with E-state index in [1.165, 1.54) is 5.56 Å². The molecular formula is C13H15N3S. The molecule has 0 saturated heterocycles. The zero-order valence-corrected chi connectivity index (χ0v) is 10.8. The Labute approximate surface area is 106 Å². The Hall–Kier alpha value is -1.68. The summed E-state index contributed by atoms with van der Waals surface area (Å²) in [6, 6.07) is 10.2. The molecule has 1 aromatic carbocycles. The molecule has 2 rings (SSSR count). The van der Waals surface area contributed by atoms with E-state index in [0.717, 1.165) is 23.5 Å². The first-order chi connectivity index (χ1) is 8.09. The van der Waals surface area contributed by atoms with Crippen LogP contribution in [0.2, 0.25) is 0 Å². The van der Waals surface area contributed by atoms with Crippen LogP contribution in [-0.4, -0.2) is 14.8 Å². The maximum absolute atomic E-state index is 5.70. The predicted octanol–water partition coefficient (Wildman–Crippen LogP) is 2.18. The Morgan fingerprint density at radius 2 is 1.94 bits per heavy atom. The topological polar surface area (TPSA) is 43.8 Å². The number of benzene rings is 1. The lowest BCUT2D eigenvalue weighted by Gasteiger charge is -2.05. The Balaban J connectivity index is 2.35. The molecule has 0 unspecified atom stereocenters. The average Bonchev–Trinajstić information content (AvgIpc) is 2.55. The Morgan fingerprint density at radius 1 is 1.29 bits per heavy atom. The van der Waals surface area contributed by atoms with Crippen LogP contribution in [0.3, 0.4) is 0 Å². The molecule has 0 spiro atoms. The molecule has 0 aliphatic carbocycles. The fraction of sp³-hybridized carbons (Fsp3) is 0.231. The van der Waals surface area contributed by atoms with Gasteiger partial charge in [0.25, 0.3) is 0 Å². The van der Waals surface area contributed by atoms with Gasteiger partial charge >= 0.3 is 0 Å². The number of nitrogens with zero attached hydrogens (tertiary/aromatic N) is 2. The smallest absolute Gasteiger partial charge is 0.107 e. The summed E-state index contributed by atoms with van der Waals surface area (Å²) in [5.41, 5.74) is 9.74. The number of thiocarbonyl (C=S) groups is 1. The van der Waals surface area contributed by atoms with E-state index < -0.39 is 0 Å². The summed E-state index contributed by atoms with van der Waals surface area (Å²) in [5.74, 6) is 0. The van der Waals surface area contributed by atoms with E-state index in [-0.39, 0.29) is 0 Å². The highest BCUT2D eigenvalue weighted by Crippen LogP contribution is 2.14. The van der Waals surface area contributed by atoms with Crippen LogP contribution in [-0.2, 0) is 6.54 Å². The molecule has 0 amide bonds. The number of nitrogens with two attached hydrogens (primary N) is 1. The number of aryl methyl sites for hydroxylation is 1. The molecule has 1 heterocycles. The molecule has 0 fully saturated rings. The highest BCUT2D eigenvalue weighted by molar-refractivity contribution is 7.80. The third kappa shape index (κ3) is 2.36. The lowest BCUT2D eigenvalue weighted by molar-refractivity contribution is 0.659. The molecule has 0 bridgehead atoms. The maximum Gasteiger partial charge on any atom is 0.107 e. The second kappa shape index (κ2) is 4.67. The quantitative estimate of drug-likeness (QED) is 0.843. The summed E-state index contributed by atoms with van der Waals surface area (Å²) >= 11 is 5.04. The summed E-state index contributed by atoms with van der Waals surface area (Å²) in [6.07, 6.45) is 0. The van der Waals surface area contributed by atoms with E-state index in [0.29, 0.717) is 4.99 Å². The fourth-order valence-electron chi connectivity index (χ4n) is 1.96. The first-order valence-electron chi connectivity index (χ1n) is 5.47. The zero-order chi connectivity index (χ0) is 12.4. The van der Waals surface area contributed by atoms with E-state index in [4.69, 9.17) is 18.0 Å². The van der Waals surface area contributed by atoms with Crippen molar-refractivity contribution in [1.29, 1.82) is 0 Å². The number of hydrogen-bond acceptors (Lipinski definition) is 2. The number of hydrogen-bond donors (Lipinski definition) is 1. The molecule has 17 heavy (non-hydrogen) atoms. The van der Waals surface area contributed by atoms with E-state index >= 15 is 0 Å². The fourth-order valence-corrected chi connectivity index (χ4v) is 2.26. The van der Waals surface area contributed by atoms with Gasteiger partial charge in [-0.2, -0.15) is 5.10 Å². The van der Waals surface area contributed by atoms with Crippen LogP contribution in [0.1, 0.15) is 22.5 Å². The summed E-state index contributed by atoms with van der Waals surface area (Å²) < 4.78 is 1.94. The van der Waals surface area contributed by atoms with E-state index in [2.05, 4.69) is 17.2 Å². The summed E-state index contributed by atoms with van der Waals surface area (Å²) in [7, 11) is 0. The van der Waals surface area contributed by atoms with Crippen LogP contribution >= 0.6 is 12.2 Å². The Bertz CT molecular complexity index is 543. The van der Waals surface area contributed by atoms with E-state index in [1.54, 1.807) is 0 Å². The maximum atomic E-state index is 5.70. The van der Waals surface area contributed by atoms with Crippen molar-refractivity contribution in [2.24, 2.45) is 5.73 Å². The highest BCUT2D eigenvalue weighted by atomic mass is 32.1. The minimum absolute atomic E-state index is 0.416. The first-order valence-corrected chi connectivity index (χ1v) is 5.88. The van der Waals surface area contributed by atoms with Crippen LogP contribution < -0.4 is 5.73 Å². The van der Waals surface area contributed by atoms with Crippen molar-refractivity contribution in [2.45, 2.75) is 20.4 Å². The minimum atomic E-state index is 0.416. The molecular weight excluding hydrogens is 230 g/mol. The van der Waals surface area contributed by atoms with Gasteiger partial charge in [0.2, 0.25) is 0 Å². The summed E-state index contributed by atoms with van der Waals surface area (Å²) in [6.45, 7) is 4.68. The van der Waals surface area contributed by atoms with Crippen molar-refractivity contribution in [3.05, 3.63) is 52.8 Å². The highest BCUT2D eigenvalue weighted by Gasteiger charge is 2.13. The summed E-state index contributed by atoms with van der Waals surface area (Å²) in [4.78, 5) is 0.416. The molecule has 1 aromatic heterocycles. The van der Waals surface area contributed by atoms with Crippen molar-refractivity contribution in [2.75, 3.05) is 0 Å². The summed E-state index contributed by atoms with van der Waals surface area (Å²) in [5, 5.41) is 4.48. The minimum Gasteiger partial charge on any atom is -0.389 e. The number of aromatic nitrogens is 2. The van der Waals surface area contributed by atoms with E-state index in [1.807, 2.05) is 36.7 Å². The van der Waals surface area contributed by atoms with Gasteiger partial charge in [-0.25, -0.2) is 0 Å². The third-order valence-electron chi connectivity index (χ3n) is 2.80. The van der Waals surface area contributed by atoms with Crippen molar-refractivity contribution < 1.29 is 0 Å². The molecule has 2 aromatic rings. The molecule has 2 N–H and O–H groups in total. The van der Waals surface area contributed by atoms with Gasteiger partial charge in [0.05, 0.1) is 17.8 Å². The van der Waals surface area contributed by atoms with Gasteiger partial charge in [-0.05, 0) is 19.4 Å². The monoisotopic (exact) mass is 245 g/mol. The predicted molar refractivity (Wildman–Crippen MR) is 73.1 cm³/mol. The van der Waals surface area contributed by atoms with Crippen LogP contribution in [0, 0.1) is 13.8 Å². The lowest BCUT2D eigenvalue weighted by Crippen LogP contribution is -2.12. The van der Waals surface area contributed by atoms with Crippen LogP contribution in [0.5, 0.6) is 0 Å². The van der Waals surface area contributed by atoms with Gasteiger partial charge in [0.15, 0.2) is 0 Å². The van der Waals surface area contributed by atoms with E-state index in [9.17, 15) is 0 Å². The van der Waals surface area contributed by atoms with Gasteiger partial charge in [0.1, 0.15) is 4.99 Å². The molecule has 0 aliphatic heterocycles. The zero-order valence-electron chi connectivity index (χ0n) is 9.97. The Kier molecular flexibility index (Phi) is 3.24. The van der Waals surface area contributed by atoms with Crippen molar-refractivity contribution in [3.63, 3.8) is 0 Å². The largest absolute Gasteiger partial charge is 0.389 e. The molecule has 88 valence electrons. The van der Waals surface area contributed by atoms with Crippen LogP contribution in [0.4, 0.5) is 0 Å². The molecule has 0 saturated carbocycles. The van der Waals surface area contributed by atoms with Gasteiger partial charge < -0.3 is 5.73 Å². The molecule has 3 nitrogen and oxygen atoms in total. The average molecular weight is 245 g/mol. The van der Waals surface area contributed by atoms with Gasteiger partial charge in [-0.15, -0.1) is 0 Å².